The highest BCUT2D eigenvalue weighted by atomic mass is 35.5. The maximum Gasteiger partial charge on any atom is 0.329 e. The van der Waals surface area contributed by atoms with Crippen LogP contribution < -0.4 is 24.4 Å². The van der Waals surface area contributed by atoms with E-state index < -0.39 is 32.9 Å². The second-order valence-corrected chi connectivity index (χ2v) is 10.6. The minimum atomic E-state index is -4.42. The highest BCUT2D eigenvalue weighted by molar-refractivity contribution is 7.90. The highest BCUT2D eigenvalue weighted by Gasteiger charge is 2.29. The molecule has 1 aliphatic rings. The second-order valence-electron chi connectivity index (χ2n) is 8.14. The monoisotopic (exact) mass is 563 g/mol. The van der Waals surface area contributed by atoms with E-state index in [1.165, 1.54) is 23.1 Å². The number of urea groups is 1. The molecule has 0 saturated heterocycles. The number of fused-ring (bicyclic) bond motifs is 1. The number of amides is 3. The fraction of sp³-hybridized carbons (Fsp3) is 0.200. The first-order valence-electron chi connectivity index (χ1n) is 11.1. The van der Waals surface area contributed by atoms with Crippen LogP contribution in [0.4, 0.5) is 10.5 Å². The third-order valence-electron chi connectivity index (χ3n) is 5.66. The van der Waals surface area contributed by atoms with Crippen molar-refractivity contribution in [2.75, 3.05) is 18.7 Å². The first-order valence-corrected chi connectivity index (χ1v) is 13.4. The number of nitrogens with zero attached hydrogens (tertiary/aromatic N) is 1. The van der Waals surface area contributed by atoms with Crippen molar-refractivity contribution in [1.82, 2.24) is 10.0 Å². The Bertz CT molecular complexity index is 1400. The van der Waals surface area contributed by atoms with E-state index in [4.69, 9.17) is 32.7 Å². The molecule has 0 saturated carbocycles. The van der Waals surface area contributed by atoms with Gasteiger partial charge in [-0.3, -0.25) is 4.79 Å². The van der Waals surface area contributed by atoms with Crippen LogP contribution in [0.5, 0.6) is 11.5 Å². The number of carbonyl (C=O) groups is 2. The summed E-state index contributed by atoms with van der Waals surface area (Å²) in [7, 11) is -2.87. The van der Waals surface area contributed by atoms with Crippen molar-refractivity contribution >= 4 is 50.9 Å². The van der Waals surface area contributed by atoms with Crippen molar-refractivity contribution in [2.45, 2.75) is 23.8 Å². The Morgan fingerprint density at radius 1 is 0.973 bits per heavy atom. The number of benzene rings is 3. The zero-order valence-corrected chi connectivity index (χ0v) is 21.9. The molecule has 9 nitrogen and oxygen atoms in total. The first-order chi connectivity index (χ1) is 17.7. The highest BCUT2D eigenvalue weighted by Crippen LogP contribution is 2.35. The van der Waals surface area contributed by atoms with E-state index in [1.807, 2.05) is 35.1 Å². The van der Waals surface area contributed by atoms with Gasteiger partial charge in [-0.1, -0.05) is 59.6 Å². The number of likely N-dealkylation sites (N-methyl/N-ethyl adjacent to an activating group) is 1. The summed E-state index contributed by atoms with van der Waals surface area (Å²) in [6.07, 6.45) is 0.660. The number of nitrogens with one attached hydrogen (secondary N) is 2. The minimum Gasteiger partial charge on any atom is -0.454 e. The molecule has 0 unspecified atom stereocenters. The molecular formula is C25H23Cl2N3O6S. The third kappa shape index (κ3) is 6.27. The van der Waals surface area contributed by atoms with E-state index in [0.29, 0.717) is 23.6 Å². The normalized spacial score (nSPS) is 13.1. The summed E-state index contributed by atoms with van der Waals surface area (Å²) in [4.78, 5) is 27.2. The Morgan fingerprint density at radius 3 is 2.35 bits per heavy atom. The number of hydrogen-bond acceptors (Lipinski definition) is 6. The maximum atomic E-state index is 13.5. The molecule has 3 amide bonds. The number of halogens is 2. The van der Waals surface area contributed by atoms with E-state index in [2.05, 4.69) is 5.32 Å². The molecule has 1 heterocycles. The number of rotatable bonds is 8. The Hall–Kier alpha value is -3.47. The fourth-order valence-corrected chi connectivity index (χ4v) is 5.83. The van der Waals surface area contributed by atoms with Crippen molar-refractivity contribution < 1.29 is 27.5 Å². The van der Waals surface area contributed by atoms with E-state index >= 15 is 0 Å². The summed E-state index contributed by atoms with van der Waals surface area (Å²) in [5, 5.41) is 2.20. The van der Waals surface area contributed by atoms with Gasteiger partial charge in [0.05, 0.1) is 10.0 Å². The molecular weight excluding hydrogens is 541 g/mol. The van der Waals surface area contributed by atoms with Gasteiger partial charge in [-0.2, -0.15) is 0 Å². The van der Waals surface area contributed by atoms with Crippen molar-refractivity contribution in [3.8, 4) is 11.5 Å². The van der Waals surface area contributed by atoms with Crippen molar-refractivity contribution in [1.29, 1.82) is 0 Å². The summed E-state index contributed by atoms with van der Waals surface area (Å²) in [5.41, 5.74) is 1.46. The average molecular weight is 564 g/mol. The van der Waals surface area contributed by atoms with Gasteiger partial charge in [-0.15, -0.1) is 0 Å². The fourth-order valence-electron chi connectivity index (χ4n) is 3.77. The zero-order chi connectivity index (χ0) is 26.6. The van der Waals surface area contributed by atoms with Crippen LogP contribution in [-0.2, 0) is 21.2 Å². The zero-order valence-electron chi connectivity index (χ0n) is 19.6. The molecule has 1 aliphatic heterocycles. The summed E-state index contributed by atoms with van der Waals surface area (Å²) in [5.74, 6) is 0.593. The molecule has 0 aliphatic carbocycles. The van der Waals surface area contributed by atoms with E-state index in [-0.39, 0.29) is 23.3 Å². The number of hydrogen-bond donors (Lipinski definition) is 2. The van der Waals surface area contributed by atoms with Crippen LogP contribution >= 0.6 is 23.2 Å². The van der Waals surface area contributed by atoms with Crippen LogP contribution in [0.2, 0.25) is 10.0 Å². The largest absolute Gasteiger partial charge is 0.454 e. The lowest BCUT2D eigenvalue weighted by Gasteiger charge is -2.25. The minimum absolute atomic E-state index is 0.0851. The molecule has 12 heteroatoms. The third-order valence-corrected chi connectivity index (χ3v) is 7.94. The Morgan fingerprint density at radius 2 is 1.65 bits per heavy atom. The van der Waals surface area contributed by atoms with Gasteiger partial charge >= 0.3 is 6.03 Å². The molecule has 0 spiro atoms. The van der Waals surface area contributed by atoms with Gasteiger partial charge in [0.2, 0.25) is 12.7 Å². The topological polar surface area (TPSA) is 114 Å². The maximum absolute atomic E-state index is 13.5. The predicted molar refractivity (Wildman–Crippen MR) is 140 cm³/mol. The lowest BCUT2D eigenvalue weighted by molar-refractivity contribution is -0.120. The molecule has 3 aromatic rings. The van der Waals surface area contributed by atoms with Crippen molar-refractivity contribution in [2.24, 2.45) is 0 Å². The molecule has 194 valence electrons. The van der Waals surface area contributed by atoms with E-state index in [0.717, 1.165) is 5.56 Å². The van der Waals surface area contributed by atoms with Crippen LogP contribution in [0.3, 0.4) is 0 Å². The van der Waals surface area contributed by atoms with Gasteiger partial charge in [0.25, 0.3) is 10.0 Å². The standard InChI is InChI=1S/C25H23Cl2N3O6S/c1-30(17-11-13-21-22(14-17)36-15-35-21)24(31)20(12-10-16-6-3-2-4-7-16)28-25(32)29-37(33,34)23-18(26)8-5-9-19(23)27/h2-9,11,13-14,20H,10,12,15H2,1H3,(H2,28,29,32)/t20-/m0/s1. The SMILES string of the molecule is CN(C(=O)[C@H](CCc1ccccc1)NC(=O)NS(=O)(=O)c1c(Cl)cccc1Cl)c1ccc2c(c1)OCO2. The van der Waals surface area contributed by atoms with Gasteiger partial charge in [0.15, 0.2) is 11.5 Å². The molecule has 3 aromatic carbocycles. The van der Waals surface area contributed by atoms with Crippen LogP contribution in [0.1, 0.15) is 12.0 Å². The van der Waals surface area contributed by atoms with Crippen LogP contribution in [0.25, 0.3) is 0 Å². The molecule has 0 fully saturated rings. The molecule has 1 atom stereocenters. The van der Waals surface area contributed by atoms with Gasteiger partial charge in [0, 0.05) is 18.8 Å². The summed E-state index contributed by atoms with van der Waals surface area (Å²) in [6.45, 7) is 0.0851. The van der Waals surface area contributed by atoms with Crippen LogP contribution in [0.15, 0.2) is 71.6 Å². The summed E-state index contributed by atoms with van der Waals surface area (Å²) >= 11 is 12.0. The van der Waals surface area contributed by atoms with E-state index in [9.17, 15) is 18.0 Å². The van der Waals surface area contributed by atoms with Gasteiger partial charge < -0.3 is 19.7 Å². The second kappa shape index (κ2) is 11.3. The number of anilines is 1. The van der Waals surface area contributed by atoms with Gasteiger partial charge in [-0.25, -0.2) is 17.9 Å². The van der Waals surface area contributed by atoms with Crippen LogP contribution in [-0.4, -0.2) is 40.2 Å². The lowest BCUT2D eigenvalue weighted by Crippen LogP contribution is -2.51. The van der Waals surface area contributed by atoms with E-state index in [1.54, 1.807) is 25.2 Å². The Labute approximate surface area is 224 Å². The van der Waals surface area contributed by atoms with Gasteiger partial charge in [0.1, 0.15) is 10.9 Å². The molecule has 4 rings (SSSR count). The molecule has 0 bridgehead atoms. The number of sulfonamides is 1. The number of carbonyl (C=O) groups excluding carboxylic acids is 2. The molecule has 0 aromatic heterocycles. The van der Waals surface area contributed by atoms with Crippen molar-refractivity contribution in [3.63, 3.8) is 0 Å². The molecule has 0 radical (unpaired) electrons. The lowest BCUT2D eigenvalue weighted by atomic mass is 10.0. The molecule has 37 heavy (non-hydrogen) atoms. The van der Waals surface area contributed by atoms with Gasteiger partial charge in [-0.05, 0) is 42.7 Å². The predicted octanol–water partition coefficient (Wildman–Crippen LogP) is 4.37. The number of aryl methyl sites for hydroxylation is 1. The Kier molecular flexibility index (Phi) is 8.11. The number of ether oxygens (including phenoxy) is 2. The first kappa shape index (κ1) is 26.6. The van der Waals surface area contributed by atoms with Crippen molar-refractivity contribution in [3.05, 3.63) is 82.3 Å². The van der Waals surface area contributed by atoms with Crippen LogP contribution in [0, 0.1) is 0 Å². The smallest absolute Gasteiger partial charge is 0.329 e. The summed E-state index contributed by atoms with van der Waals surface area (Å²) < 4.78 is 38.2. The Balaban J connectivity index is 1.53. The molecule has 2 N–H and O–H groups in total. The quantitative estimate of drug-likeness (QED) is 0.420. The summed E-state index contributed by atoms with van der Waals surface area (Å²) in [6, 6.07) is 16.4. The average Bonchev–Trinajstić information content (AvgIpc) is 3.33.